The summed E-state index contributed by atoms with van der Waals surface area (Å²) in [5.41, 5.74) is 3.49. The Labute approximate surface area is 121 Å². The van der Waals surface area contributed by atoms with Crippen LogP contribution in [0.25, 0.3) is 10.9 Å². The second-order valence-corrected chi connectivity index (χ2v) is 5.38. The molecule has 5 heteroatoms. The predicted octanol–water partition coefficient (Wildman–Crippen LogP) is 2.99. The molecular weight excluding hydrogens is 272 g/mol. The van der Waals surface area contributed by atoms with Crippen molar-refractivity contribution in [2.24, 2.45) is 0 Å². The summed E-state index contributed by atoms with van der Waals surface area (Å²) in [6.07, 6.45) is 0. The summed E-state index contributed by atoms with van der Waals surface area (Å²) in [5.74, 6) is -0.184. The van der Waals surface area contributed by atoms with Crippen molar-refractivity contribution in [3.8, 4) is 6.07 Å². The van der Waals surface area contributed by atoms with Gasteiger partial charge in [-0.25, -0.2) is 4.98 Å². The van der Waals surface area contributed by atoms with Gasteiger partial charge in [0, 0.05) is 5.39 Å². The van der Waals surface area contributed by atoms with Crippen LogP contribution in [0, 0.1) is 25.2 Å². The van der Waals surface area contributed by atoms with E-state index in [0.29, 0.717) is 10.6 Å². The summed E-state index contributed by atoms with van der Waals surface area (Å²) in [5, 5.41) is 10.8. The molecule has 0 saturated heterocycles. The van der Waals surface area contributed by atoms with Gasteiger partial charge in [0.15, 0.2) is 0 Å². The fourth-order valence-electron chi connectivity index (χ4n) is 1.89. The SMILES string of the molecule is COC(=O)CSc1nc2c(C)ccc(C)c2cc1C#N. The lowest BCUT2D eigenvalue weighted by molar-refractivity contribution is -0.137. The minimum atomic E-state index is -0.332. The molecule has 102 valence electrons. The minimum Gasteiger partial charge on any atom is -0.468 e. The highest BCUT2D eigenvalue weighted by Crippen LogP contribution is 2.28. The fraction of sp³-hybridized carbons (Fsp3) is 0.267. The molecule has 4 nitrogen and oxygen atoms in total. The van der Waals surface area contributed by atoms with Crippen molar-refractivity contribution in [1.82, 2.24) is 4.98 Å². The molecule has 1 aromatic heterocycles. The van der Waals surface area contributed by atoms with Gasteiger partial charge in [-0.1, -0.05) is 23.9 Å². The van der Waals surface area contributed by atoms with E-state index in [9.17, 15) is 10.1 Å². The van der Waals surface area contributed by atoms with E-state index in [1.54, 1.807) is 0 Å². The van der Waals surface area contributed by atoms with Crippen molar-refractivity contribution in [3.05, 3.63) is 34.9 Å². The number of methoxy groups -OCH3 is 1. The number of aromatic nitrogens is 1. The molecule has 0 aliphatic carbocycles. The first-order valence-electron chi connectivity index (χ1n) is 6.07. The molecule has 1 heterocycles. The Morgan fingerprint density at radius 1 is 1.40 bits per heavy atom. The average Bonchev–Trinajstić information content (AvgIpc) is 2.47. The third kappa shape index (κ3) is 2.75. The summed E-state index contributed by atoms with van der Waals surface area (Å²) in [4.78, 5) is 15.8. The minimum absolute atomic E-state index is 0.147. The summed E-state index contributed by atoms with van der Waals surface area (Å²) in [6.45, 7) is 3.97. The third-order valence-corrected chi connectivity index (χ3v) is 4.01. The van der Waals surface area contributed by atoms with Crippen molar-refractivity contribution in [2.75, 3.05) is 12.9 Å². The number of hydrogen-bond acceptors (Lipinski definition) is 5. The van der Waals surface area contributed by atoms with Crippen LogP contribution in [0.4, 0.5) is 0 Å². The Morgan fingerprint density at radius 3 is 2.75 bits per heavy atom. The first-order chi connectivity index (χ1) is 9.56. The number of thioether (sulfide) groups is 1. The number of hydrogen-bond donors (Lipinski definition) is 0. The van der Waals surface area contributed by atoms with Crippen LogP contribution in [0.5, 0.6) is 0 Å². The molecule has 0 saturated carbocycles. The van der Waals surface area contributed by atoms with Crippen molar-refractivity contribution < 1.29 is 9.53 Å². The van der Waals surface area contributed by atoms with Crippen LogP contribution in [-0.4, -0.2) is 23.8 Å². The standard InChI is InChI=1S/C15H14N2O2S/c1-9-4-5-10(2)14-12(9)6-11(7-16)15(17-14)20-8-13(18)19-3/h4-6H,8H2,1-3H3. The highest BCUT2D eigenvalue weighted by atomic mass is 32.2. The molecule has 0 aliphatic rings. The molecule has 0 bridgehead atoms. The molecule has 0 aliphatic heterocycles. The molecule has 0 amide bonds. The second-order valence-electron chi connectivity index (χ2n) is 4.41. The largest absolute Gasteiger partial charge is 0.468 e. The first-order valence-corrected chi connectivity index (χ1v) is 7.06. The number of rotatable bonds is 3. The monoisotopic (exact) mass is 286 g/mol. The molecule has 0 N–H and O–H groups in total. The zero-order valence-electron chi connectivity index (χ0n) is 11.6. The fourth-order valence-corrected chi connectivity index (χ4v) is 2.68. The number of nitriles is 1. The van der Waals surface area contributed by atoms with Gasteiger partial charge in [0.2, 0.25) is 0 Å². The van der Waals surface area contributed by atoms with Gasteiger partial charge >= 0.3 is 5.97 Å². The van der Waals surface area contributed by atoms with Crippen molar-refractivity contribution in [2.45, 2.75) is 18.9 Å². The van der Waals surface area contributed by atoms with Gasteiger partial charge in [0.25, 0.3) is 0 Å². The summed E-state index contributed by atoms with van der Waals surface area (Å²) in [7, 11) is 1.34. The Hall–Kier alpha value is -2.06. The maximum Gasteiger partial charge on any atom is 0.316 e. The van der Waals surface area contributed by atoms with E-state index in [1.807, 2.05) is 32.0 Å². The Kier molecular flexibility index (Phi) is 4.26. The smallest absolute Gasteiger partial charge is 0.316 e. The van der Waals surface area contributed by atoms with Gasteiger partial charge in [-0.15, -0.1) is 0 Å². The molecule has 2 aromatic rings. The summed E-state index contributed by atoms with van der Waals surface area (Å²) >= 11 is 1.23. The molecule has 20 heavy (non-hydrogen) atoms. The van der Waals surface area contributed by atoms with Crippen LogP contribution in [0.2, 0.25) is 0 Å². The number of carbonyl (C=O) groups is 1. The quantitative estimate of drug-likeness (QED) is 0.641. The van der Waals surface area contributed by atoms with Crippen LogP contribution < -0.4 is 0 Å². The lowest BCUT2D eigenvalue weighted by Gasteiger charge is -2.09. The van der Waals surface area contributed by atoms with E-state index in [1.165, 1.54) is 18.9 Å². The third-order valence-electron chi connectivity index (χ3n) is 3.04. The van der Waals surface area contributed by atoms with E-state index in [-0.39, 0.29) is 11.7 Å². The Bertz CT molecular complexity index is 720. The number of pyridine rings is 1. The summed E-state index contributed by atoms with van der Waals surface area (Å²) < 4.78 is 4.61. The van der Waals surface area contributed by atoms with Gasteiger partial charge in [0.1, 0.15) is 11.1 Å². The van der Waals surface area contributed by atoms with E-state index in [4.69, 9.17) is 0 Å². The highest BCUT2D eigenvalue weighted by molar-refractivity contribution is 7.99. The second kappa shape index (κ2) is 5.93. The van der Waals surface area contributed by atoms with Crippen LogP contribution >= 0.6 is 11.8 Å². The van der Waals surface area contributed by atoms with Gasteiger partial charge < -0.3 is 4.74 Å². The van der Waals surface area contributed by atoms with E-state index >= 15 is 0 Å². The molecule has 0 unspecified atom stereocenters. The number of fused-ring (bicyclic) bond motifs is 1. The van der Waals surface area contributed by atoms with Gasteiger partial charge in [-0.05, 0) is 31.0 Å². The maximum atomic E-state index is 11.2. The number of nitrogens with zero attached hydrogens (tertiary/aromatic N) is 2. The van der Waals surface area contributed by atoms with E-state index in [0.717, 1.165) is 22.0 Å². The molecule has 0 atom stereocenters. The number of ether oxygens (including phenoxy) is 1. The Balaban J connectivity index is 2.52. The zero-order chi connectivity index (χ0) is 14.7. The van der Waals surface area contributed by atoms with Crippen molar-refractivity contribution >= 4 is 28.6 Å². The Morgan fingerprint density at radius 2 is 2.10 bits per heavy atom. The lowest BCUT2D eigenvalue weighted by Crippen LogP contribution is -2.04. The number of esters is 1. The molecule has 0 fully saturated rings. The zero-order valence-corrected chi connectivity index (χ0v) is 12.4. The molecular formula is C15H14N2O2S. The molecule has 0 radical (unpaired) electrons. The van der Waals surface area contributed by atoms with Crippen molar-refractivity contribution in [1.29, 1.82) is 5.26 Å². The average molecular weight is 286 g/mol. The molecule has 0 spiro atoms. The van der Waals surface area contributed by atoms with Crippen LogP contribution in [0.3, 0.4) is 0 Å². The van der Waals surface area contributed by atoms with Gasteiger partial charge in [-0.3, -0.25) is 4.79 Å². The highest BCUT2D eigenvalue weighted by Gasteiger charge is 2.12. The maximum absolute atomic E-state index is 11.2. The lowest BCUT2D eigenvalue weighted by atomic mass is 10.0. The van der Waals surface area contributed by atoms with Gasteiger partial charge in [-0.2, -0.15) is 5.26 Å². The molecule has 2 rings (SSSR count). The number of carbonyl (C=O) groups excluding carboxylic acids is 1. The normalized spacial score (nSPS) is 10.3. The van der Waals surface area contributed by atoms with E-state index in [2.05, 4.69) is 15.8 Å². The van der Waals surface area contributed by atoms with Crippen LogP contribution in [-0.2, 0) is 9.53 Å². The predicted molar refractivity (Wildman–Crippen MR) is 78.7 cm³/mol. The van der Waals surface area contributed by atoms with E-state index < -0.39 is 0 Å². The van der Waals surface area contributed by atoms with Crippen molar-refractivity contribution in [3.63, 3.8) is 0 Å². The number of aryl methyl sites for hydroxylation is 2. The number of benzene rings is 1. The molecule has 1 aromatic carbocycles. The first kappa shape index (κ1) is 14.4. The summed E-state index contributed by atoms with van der Waals surface area (Å²) in [6, 6.07) is 8.00. The van der Waals surface area contributed by atoms with Crippen LogP contribution in [0.1, 0.15) is 16.7 Å². The van der Waals surface area contributed by atoms with Gasteiger partial charge in [0.05, 0.1) is 23.9 Å². The topological polar surface area (TPSA) is 63.0 Å². The van der Waals surface area contributed by atoms with Crippen LogP contribution in [0.15, 0.2) is 23.2 Å².